The Morgan fingerprint density at radius 2 is 2.00 bits per heavy atom. The molecule has 0 aliphatic heterocycles. The second kappa shape index (κ2) is 8.42. The molecule has 0 aromatic heterocycles. The summed E-state index contributed by atoms with van der Waals surface area (Å²) in [6.07, 6.45) is 1.11. The molecule has 1 atom stereocenters. The monoisotopic (exact) mass is 253 g/mol. The van der Waals surface area contributed by atoms with Gasteiger partial charge < -0.3 is 5.32 Å². The molecule has 0 fully saturated rings. The fourth-order valence-electron chi connectivity index (χ4n) is 1.22. The first kappa shape index (κ1) is 15.3. The Hall–Kier alpha value is 0.260. The van der Waals surface area contributed by atoms with Gasteiger partial charge in [-0.3, -0.25) is 0 Å². The Kier molecular flexibility index (Phi) is 8.56. The van der Waals surface area contributed by atoms with Gasteiger partial charge in [0.2, 0.25) is 0 Å². The first-order valence-electron chi connectivity index (χ1n) is 5.53. The van der Waals surface area contributed by atoms with Gasteiger partial charge in [-0.25, -0.2) is 8.42 Å². The van der Waals surface area contributed by atoms with E-state index in [1.807, 2.05) is 18.7 Å². The average molecular weight is 253 g/mol. The average Bonchev–Trinajstić information content (AvgIpc) is 2.17. The van der Waals surface area contributed by atoms with E-state index in [9.17, 15) is 8.42 Å². The lowest BCUT2D eigenvalue weighted by Gasteiger charge is -2.13. The molecule has 0 aliphatic carbocycles. The summed E-state index contributed by atoms with van der Waals surface area (Å²) < 4.78 is 22.6. The van der Waals surface area contributed by atoms with E-state index in [2.05, 4.69) is 12.2 Å². The summed E-state index contributed by atoms with van der Waals surface area (Å²) in [4.78, 5) is 0. The van der Waals surface area contributed by atoms with Crippen LogP contribution in [0.15, 0.2) is 0 Å². The van der Waals surface area contributed by atoms with Crippen LogP contribution in [0.4, 0.5) is 0 Å². The van der Waals surface area contributed by atoms with Crippen LogP contribution in [-0.4, -0.2) is 44.0 Å². The Balaban J connectivity index is 3.54. The Morgan fingerprint density at radius 3 is 2.53 bits per heavy atom. The van der Waals surface area contributed by atoms with Gasteiger partial charge >= 0.3 is 0 Å². The van der Waals surface area contributed by atoms with Gasteiger partial charge in [0, 0.05) is 11.8 Å². The molecule has 0 aromatic rings. The van der Waals surface area contributed by atoms with Gasteiger partial charge in [-0.15, -0.1) is 0 Å². The second-order valence-electron chi connectivity index (χ2n) is 3.60. The largest absolute Gasteiger partial charge is 0.313 e. The summed E-state index contributed by atoms with van der Waals surface area (Å²) in [6, 6.07) is 0.0709. The van der Waals surface area contributed by atoms with Gasteiger partial charge in [-0.2, -0.15) is 11.8 Å². The summed E-state index contributed by atoms with van der Waals surface area (Å²) in [5.74, 6) is 2.80. The highest BCUT2D eigenvalue weighted by Gasteiger charge is 2.12. The molecule has 5 heteroatoms. The maximum Gasteiger partial charge on any atom is 0.151 e. The van der Waals surface area contributed by atoms with Crippen LogP contribution in [0, 0.1) is 0 Å². The molecule has 0 saturated heterocycles. The van der Waals surface area contributed by atoms with Gasteiger partial charge in [-0.1, -0.05) is 13.8 Å². The SMILES string of the molecule is CCSCCCNC(C)CS(=O)(=O)CC. The zero-order chi connectivity index (χ0) is 11.7. The van der Waals surface area contributed by atoms with Crippen molar-refractivity contribution in [1.82, 2.24) is 5.32 Å². The number of rotatable bonds is 9. The molecule has 0 spiro atoms. The third kappa shape index (κ3) is 9.20. The van der Waals surface area contributed by atoms with Crippen LogP contribution < -0.4 is 5.32 Å². The van der Waals surface area contributed by atoms with Crippen molar-refractivity contribution < 1.29 is 8.42 Å². The highest BCUT2D eigenvalue weighted by Crippen LogP contribution is 2.00. The van der Waals surface area contributed by atoms with Crippen LogP contribution in [0.1, 0.15) is 27.2 Å². The maximum atomic E-state index is 11.3. The number of hydrogen-bond acceptors (Lipinski definition) is 4. The highest BCUT2D eigenvalue weighted by atomic mass is 32.2. The van der Waals surface area contributed by atoms with Crippen molar-refractivity contribution in [3.63, 3.8) is 0 Å². The Labute approximate surface area is 98.3 Å². The highest BCUT2D eigenvalue weighted by molar-refractivity contribution is 7.99. The number of hydrogen-bond donors (Lipinski definition) is 1. The molecule has 0 radical (unpaired) electrons. The predicted octanol–water partition coefficient (Wildman–Crippen LogP) is 1.54. The molecule has 0 bridgehead atoms. The lowest BCUT2D eigenvalue weighted by molar-refractivity contribution is 0.556. The molecule has 15 heavy (non-hydrogen) atoms. The van der Waals surface area contributed by atoms with E-state index in [1.54, 1.807) is 6.92 Å². The van der Waals surface area contributed by atoms with Crippen molar-refractivity contribution in [2.75, 3.05) is 29.6 Å². The summed E-state index contributed by atoms with van der Waals surface area (Å²) in [5.41, 5.74) is 0. The standard InChI is InChI=1S/C10H23NO2S2/c1-4-14-8-6-7-11-10(3)9-15(12,13)5-2/h10-11H,4-9H2,1-3H3. The van der Waals surface area contributed by atoms with E-state index >= 15 is 0 Å². The van der Waals surface area contributed by atoms with Gasteiger partial charge in [0.05, 0.1) is 5.75 Å². The normalized spacial score (nSPS) is 14.1. The molecular weight excluding hydrogens is 230 g/mol. The topological polar surface area (TPSA) is 46.2 Å². The summed E-state index contributed by atoms with van der Waals surface area (Å²) in [5, 5.41) is 3.24. The van der Waals surface area contributed by atoms with Gasteiger partial charge in [-0.05, 0) is 31.4 Å². The smallest absolute Gasteiger partial charge is 0.151 e. The Bertz CT molecular complexity index is 240. The Morgan fingerprint density at radius 1 is 1.33 bits per heavy atom. The van der Waals surface area contributed by atoms with Crippen LogP contribution in [0.2, 0.25) is 0 Å². The van der Waals surface area contributed by atoms with Crippen molar-refractivity contribution in [3.05, 3.63) is 0 Å². The molecule has 0 rings (SSSR count). The quantitative estimate of drug-likeness (QED) is 0.633. The molecule has 3 nitrogen and oxygen atoms in total. The van der Waals surface area contributed by atoms with Crippen molar-refractivity contribution in [2.24, 2.45) is 0 Å². The molecule has 0 aromatic carbocycles. The first-order chi connectivity index (χ1) is 7.02. The molecule has 0 heterocycles. The molecule has 0 aliphatic rings. The number of thioether (sulfide) groups is 1. The van der Waals surface area contributed by atoms with Gasteiger partial charge in [0.25, 0.3) is 0 Å². The van der Waals surface area contributed by atoms with E-state index in [1.165, 1.54) is 0 Å². The minimum absolute atomic E-state index is 0.0709. The fraction of sp³-hybridized carbons (Fsp3) is 1.00. The van der Waals surface area contributed by atoms with E-state index in [-0.39, 0.29) is 17.5 Å². The summed E-state index contributed by atoms with van der Waals surface area (Å²) in [7, 11) is -2.83. The first-order valence-corrected chi connectivity index (χ1v) is 8.51. The minimum Gasteiger partial charge on any atom is -0.313 e. The third-order valence-electron chi connectivity index (χ3n) is 2.11. The minimum atomic E-state index is -2.83. The zero-order valence-corrected chi connectivity index (χ0v) is 11.6. The summed E-state index contributed by atoms with van der Waals surface area (Å²) >= 11 is 1.92. The predicted molar refractivity (Wildman–Crippen MR) is 69.4 cm³/mol. The van der Waals surface area contributed by atoms with Crippen LogP contribution in [0.5, 0.6) is 0 Å². The summed E-state index contributed by atoms with van der Waals surface area (Å²) in [6.45, 7) is 6.68. The molecule has 1 N–H and O–H groups in total. The molecular formula is C10H23NO2S2. The van der Waals surface area contributed by atoms with E-state index < -0.39 is 9.84 Å². The third-order valence-corrected chi connectivity index (χ3v) is 4.98. The van der Waals surface area contributed by atoms with Crippen molar-refractivity contribution in [3.8, 4) is 0 Å². The second-order valence-corrected chi connectivity index (χ2v) is 7.40. The number of sulfone groups is 1. The molecule has 1 unspecified atom stereocenters. The fourth-order valence-corrected chi connectivity index (χ4v) is 2.98. The number of nitrogens with one attached hydrogen (secondary N) is 1. The van der Waals surface area contributed by atoms with Crippen LogP contribution in [0.3, 0.4) is 0 Å². The molecule has 0 saturated carbocycles. The van der Waals surface area contributed by atoms with Crippen molar-refractivity contribution in [1.29, 1.82) is 0 Å². The van der Waals surface area contributed by atoms with Crippen molar-refractivity contribution >= 4 is 21.6 Å². The van der Waals surface area contributed by atoms with E-state index in [4.69, 9.17) is 0 Å². The van der Waals surface area contributed by atoms with Gasteiger partial charge in [0.1, 0.15) is 0 Å². The molecule has 92 valence electrons. The van der Waals surface area contributed by atoms with Crippen LogP contribution >= 0.6 is 11.8 Å². The lowest BCUT2D eigenvalue weighted by atomic mass is 10.3. The van der Waals surface area contributed by atoms with E-state index in [0.717, 1.165) is 24.5 Å². The zero-order valence-electron chi connectivity index (χ0n) is 9.95. The molecule has 0 amide bonds. The van der Waals surface area contributed by atoms with Gasteiger partial charge in [0.15, 0.2) is 9.84 Å². The van der Waals surface area contributed by atoms with Crippen molar-refractivity contribution in [2.45, 2.75) is 33.2 Å². The maximum absolute atomic E-state index is 11.3. The lowest BCUT2D eigenvalue weighted by Crippen LogP contribution is -2.34. The van der Waals surface area contributed by atoms with Crippen LogP contribution in [-0.2, 0) is 9.84 Å². The van der Waals surface area contributed by atoms with Crippen LogP contribution in [0.25, 0.3) is 0 Å². The van der Waals surface area contributed by atoms with E-state index in [0.29, 0.717) is 0 Å².